The van der Waals surface area contributed by atoms with Crippen molar-refractivity contribution < 1.29 is 13.5 Å². The van der Waals surface area contributed by atoms with Crippen LogP contribution in [0.4, 0.5) is 8.78 Å². The summed E-state index contributed by atoms with van der Waals surface area (Å²) in [6.45, 7) is 3.42. The van der Waals surface area contributed by atoms with Crippen LogP contribution in [0.25, 0.3) is 0 Å². The minimum atomic E-state index is -2.47. The molecule has 0 saturated carbocycles. The molecule has 1 rings (SSSR count). The molecule has 0 aromatic carbocycles. The van der Waals surface area contributed by atoms with Crippen molar-refractivity contribution in [3.05, 3.63) is 25.4 Å². The van der Waals surface area contributed by atoms with E-state index in [4.69, 9.17) is 4.74 Å². The maximum absolute atomic E-state index is 11.8. The summed E-state index contributed by atoms with van der Waals surface area (Å²) < 4.78 is 29.0. The molecule has 1 aromatic rings. The Hall–Kier alpha value is -0.570. The Morgan fingerprint density at radius 3 is 2.67 bits per heavy atom. The Labute approximate surface area is 117 Å². The molecule has 0 aliphatic carbocycles. The first kappa shape index (κ1) is 15.5. The smallest absolute Gasteiger partial charge is 0.264 e. The van der Waals surface area contributed by atoms with E-state index in [2.05, 4.69) is 9.97 Å². The van der Waals surface area contributed by atoms with Crippen LogP contribution in [0.1, 0.15) is 31.3 Å². The lowest BCUT2D eigenvalue weighted by molar-refractivity contribution is 0.0182. The van der Waals surface area contributed by atoms with Gasteiger partial charge >= 0.3 is 0 Å². The third kappa shape index (κ3) is 4.60. The molecule has 0 radical (unpaired) electrons. The van der Waals surface area contributed by atoms with Crippen LogP contribution in [0, 0.1) is 3.57 Å². The Morgan fingerprint density at radius 1 is 1.44 bits per heavy atom. The van der Waals surface area contributed by atoms with Crippen molar-refractivity contribution in [1.82, 2.24) is 9.97 Å². The summed E-state index contributed by atoms with van der Waals surface area (Å²) in [5.74, 6) is 0.610. The Bertz CT molecular complexity index is 449. The molecule has 7 heteroatoms. The van der Waals surface area contributed by atoms with Gasteiger partial charge in [-0.3, -0.25) is 4.79 Å². The highest BCUT2D eigenvalue weighted by Crippen LogP contribution is 2.15. The molecule has 18 heavy (non-hydrogen) atoms. The number of ether oxygens (including phenoxy) is 1. The van der Waals surface area contributed by atoms with Gasteiger partial charge in [0.1, 0.15) is 12.4 Å². The van der Waals surface area contributed by atoms with Crippen molar-refractivity contribution in [2.45, 2.75) is 32.6 Å². The number of aromatic nitrogens is 2. The standard InChI is InChI=1S/C11H15F2IN2O2/c1-6(2)10-9(14)11(17)16-8(15-10)3-4-18-5-7(12)13/h6-7H,3-5H2,1-2H3,(H,15,16,17). The predicted octanol–water partition coefficient (Wildman–Crippen LogP) is 2.32. The van der Waals surface area contributed by atoms with E-state index in [1.54, 1.807) is 0 Å². The highest BCUT2D eigenvalue weighted by Gasteiger charge is 2.12. The molecule has 0 unspecified atom stereocenters. The zero-order valence-corrected chi connectivity index (χ0v) is 12.3. The van der Waals surface area contributed by atoms with Crippen molar-refractivity contribution >= 4 is 22.6 Å². The molecule has 0 saturated heterocycles. The molecule has 0 fully saturated rings. The summed E-state index contributed by atoms with van der Waals surface area (Å²) in [7, 11) is 0. The van der Waals surface area contributed by atoms with Crippen LogP contribution in [-0.2, 0) is 11.2 Å². The number of halogens is 3. The monoisotopic (exact) mass is 372 g/mol. The van der Waals surface area contributed by atoms with E-state index in [-0.39, 0.29) is 18.1 Å². The molecule has 0 aliphatic rings. The largest absolute Gasteiger partial charge is 0.375 e. The first-order chi connectivity index (χ1) is 8.41. The number of nitrogens with zero attached hydrogens (tertiary/aromatic N) is 1. The number of hydrogen-bond acceptors (Lipinski definition) is 3. The van der Waals surface area contributed by atoms with Gasteiger partial charge in [-0.1, -0.05) is 13.8 Å². The summed E-state index contributed by atoms with van der Waals surface area (Å²) >= 11 is 1.95. The Morgan fingerprint density at radius 2 is 2.11 bits per heavy atom. The van der Waals surface area contributed by atoms with Crippen LogP contribution in [-0.4, -0.2) is 29.6 Å². The summed E-state index contributed by atoms with van der Waals surface area (Å²) in [5.41, 5.74) is 0.529. The minimum Gasteiger partial charge on any atom is -0.375 e. The van der Waals surface area contributed by atoms with E-state index in [0.717, 1.165) is 5.69 Å². The van der Waals surface area contributed by atoms with Gasteiger partial charge in [-0.25, -0.2) is 13.8 Å². The quantitative estimate of drug-likeness (QED) is 0.616. The summed E-state index contributed by atoms with van der Waals surface area (Å²) in [6, 6.07) is 0. The topological polar surface area (TPSA) is 55.0 Å². The molecular weight excluding hydrogens is 357 g/mol. The van der Waals surface area contributed by atoms with Crippen LogP contribution in [0.3, 0.4) is 0 Å². The van der Waals surface area contributed by atoms with Gasteiger partial charge in [0, 0.05) is 6.42 Å². The highest BCUT2D eigenvalue weighted by atomic mass is 127. The molecule has 1 aromatic heterocycles. The Balaban J connectivity index is 2.70. The van der Waals surface area contributed by atoms with Gasteiger partial charge in [-0.05, 0) is 28.5 Å². The molecule has 1 heterocycles. The number of alkyl halides is 2. The van der Waals surface area contributed by atoms with Gasteiger partial charge in [-0.15, -0.1) is 0 Å². The molecule has 102 valence electrons. The summed E-state index contributed by atoms with van der Waals surface area (Å²) in [6.07, 6.45) is -2.15. The fourth-order valence-corrected chi connectivity index (χ4v) is 2.25. The lowest BCUT2D eigenvalue weighted by atomic mass is 10.1. The SMILES string of the molecule is CC(C)c1nc(CCOCC(F)F)[nH]c(=O)c1I. The molecule has 0 atom stereocenters. The second-order valence-corrected chi connectivity index (χ2v) is 5.16. The fraction of sp³-hybridized carbons (Fsp3) is 0.636. The first-order valence-corrected chi connectivity index (χ1v) is 6.64. The molecular formula is C11H15F2IN2O2. The van der Waals surface area contributed by atoms with Crippen LogP contribution in [0.15, 0.2) is 4.79 Å². The Kier molecular flexibility index (Phi) is 6.13. The zero-order chi connectivity index (χ0) is 13.7. The van der Waals surface area contributed by atoms with E-state index in [1.165, 1.54) is 0 Å². The third-order valence-corrected chi connectivity index (χ3v) is 3.25. The van der Waals surface area contributed by atoms with Crippen LogP contribution < -0.4 is 5.56 Å². The molecule has 0 aliphatic heterocycles. The number of rotatable bonds is 6. The fourth-order valence-electron chi connectivity index (χ4n) is 1.37. The average Bonchev–Trinajstić information content (AvgIpc) is 2.28. The van der Waals surface area contributed by atoms with Crippen LogP contribution in [0.5, 0.6) is 0 Å². The van der Waals surface area contributed by atoms with E-state index in [0.29, 0.717) is 15.8 Å². The third-order valence-electron chi connectivity index (χ3n) is 2.21. The number of aromatic amines is 1. The highest BCUT2D eigenvalue weighted by molar-refractivity contribution is 14.1. The lowest BCUT2D eigenvalue weighted by Gasteiger charge is -2.09. The van der Waals surface area contributed by atoms with Crippen LogP contribution >= 0.6 is 22.6 Å². The summed E-state index contributed by atoms with van der Waals surface area (Å²) in [4.78, 5) is 18.6. The molecule has 0 amide bonds. The second-order valence-electron chi connectivity index (χ2n) is 4.08. The van der Waals surface area contributed by atoms with Gasteiger partial charge in [-0.2, -0.15) is 0 Å². The molecule has 1 N–H and O–H groups in total. The number of hydrogen-bond donors (Lipinski definition) is 1. The van der Waals surface area contributed by atoms with Crippen molar-refractivity contribution in [2.24, 2.45) is 0 Å². The zero-order valence-electron chi connectivity index (χ0n) is 10.2. The molecule has 4 nitrogen and oxygen atoms in total. The normalized spacial score (nSPS) is 11.5. The lowest BCUT2D eigenvalue weighted by Crippen LogP contribution is -2.20. The maximum atomic E-state index is 11.8. The average molecular weight is 372 g/mol. The van der Waals surface area contributed by atoms with Crippen molar-refractivity contribution in [1.29, 1.82) is 0 Å². The van der Waals surface area contributed by atoms with Crippen molar-refractivity contribution in [3.8, 4) is 0 Å². The molecule has 0 bridgehead atoms. The van der Waals surface area contributed by atoms with E-state index in [9.17, 15) is 13.6 Å². The van der Waals surface area contributed by atoms with Gasteiger partial charge < -0.3 is 9.72 Å². The minimum absolute atomic E-state index is 0.116. The number of H-pyrrole nitrogens is 1. The maximum Gasteiger partial charge on any atom is 0.264 e. The van der Waals surface area contributed by atoms with Gasteiger partial charge in [0.05, 0.1) is 15.9 Å². The summed E-state index contributed by atoms with van der Waals surface area (Å²) in [5, 5.41) is 0. The number of nitrogens with one attached hydrogen (secondary N) is 1. The van der Waals surface area contributed by atoms with Gasteiger partial charge in [0.15, 0.2) is 0 Å². The second kappa shape index (κ2) is 7.13. The van der Waals surface area contributed by atoms with E-state index < -0.39 is 13.0 Å². The first-order valence-electron chi connectivity index (χ1n) is 5.56. The van der Waals surface area contributed by atoms with E-state index >= 15 is 0 Å². The van der Waals surface area contributed by atoms with Crippen molar-refractivity contribution in [3.63, 3.8) is 0 Å². The van der Waals surface area contributed by atoms with Crippen LogP contribution in [0.2, 0.25) is 0 Å². The van der Waals surface area contributed by atoms with Crippen molar-refractivity contribution in [2.75, 3.05) is 13.2 Å². The molecule has 0 spiro atoms. The van der Waals surface area contributed by atoms with Gasteiger partial charge in [0.25, 0.3) is 12.0 Å². The van der Waals surface area contributed by atoms with Gasteiger partial charge in [0.2, 0.25) is 0 Å². The van der Waals surface area contributed by atoms with E-state index in [1.807, 2.05) is 36.4 Å². The predicted molar refractivity (Wildman–Crippen MR) is 72.2 cm³/mol.